The maximum Gasteiger partial charge on any atom is 0.107 e. The molecule has 1 aromatic rings. The fourth-order valence-corrected chi connectivity index (χ4v) is 1.04. The Morgan fingerprint density at radius 3 is 2.69 bits per heavy atom. The second-order valence-corrected chi connectivity index (χ2v) is 3.25. The van der Waals surface area contributed by atoms with Crippen molar-refractivity contribution >= 4 is 23.8 Å². The van der Waals surface area contributed by atoms with Gasteiger partial charge in [0.05, 0.1) is 17.4 Å². The minimum absolute atomic E-state index is 0.570. The van der Waals surface area contributed by atoms with Gasteiger partial charge in [-0.2, -0.15) is 0 Å². The number of nitrogens with zero attached hydrogens (tertiary/aromatic N) is 3. The van der Waals surface area contributed by atoms with Gasteiger partial charge in [-0.05, 0) is 13.0 Å². The summed E-state index contributed by atoms with van der Waals surface area (Å²) in [4.78, 5) is 12.4. The van der Waals surface area contributed by atoms with Crippen LogP contribution in [0.4, 0.5) is 11.4 Å². The summed E-state index contributed by atoms with van der Waals surface area (Å²) >= 11 is 0. The lowest BCUT2D eigenvalue weighted by Gasteiger charge is -2.09. The molecule has 0 aromatic carbocycles. The average Bonchev–Trinajstić information content (AvgIpc) is 2.27. The maximum absolute atomic E-state index is 5.84. The molecular weight excluding hydrogens is 164 g/mol. The van der Waals surface area contributed by atoms with Gasteiger partial charge < -0.3 is 5.73 Å². The van der Waals surface area contributed by atoms with E-state index in [9.17, 15) is 0 Å². The summed E-state index contributed by atoms with van der Waals surface area (Å²) in [6.45, 7) is 1.85. The predicted molar refractivity (Wildman–Crippen MR) is 53.1 cm³/mol. The van der Waals surface area contributed by atoms with E-state index in [1.165, 1.54) is 0 Å². The van der Waals surface area contributed by atoms with Crippen molar-refractivity contribution in [2.75, 3.05) is 0 Å². The fraction of sp³-hybridized carbons (Fsp3) is 0.222. The van der Waals surface area contributed by atoms with Gasteiger partial charge in [-0.1, -0.05) is 0 Å². The Kier molecular flexibility index (Phi) is 1.70. The van der Waals surface area contributed by atoms with E-state index in [2.05, 4.69) is 15.0 Å². The summed E-state index contributed by atoms with van der Waals surface area (Å²) in [5.41, 5.74) is 6.83. The molecule has 1 aliphatic heterocycles. The quantitative estimate of drug-likeness (QED) is 0.642. The second kappa shape index (κ2) is 2.74. The van der Waals surface area contributed by atoms with Crippen LogP contribution in [-0.2, 0) is 0 Å². The molecule has 0 saturated carbocycles. The standard InChI is InChI=1S/C9H10N4/c1-9(10)5-12-7-2-3-11-4-8(7)13-6-9/h2-6H,10H2,1H3. The first-order valence-corrected chi connectivity index (χ1v) is 4.01. The Balaban J connectivity index is 2.53. The van der Waals surface area contributed by atoms with Crippen LogP contribution in [0.25, 0.3) is 0 Å². The first-order chi connectivity index (χ1) is 6.17. The monoisotopic (exact) mass is 174 g/mol. The number of nitrogens with two attached hydrogens (primary N) is 1. The Hall–Kier alpha value is -1.55. The summed E-state index contributed by atoms with van der Waals surface area (Å²) in [5, 5.41) is 0. The van der Waals surface area contributed by atoms with Crippen LogP contribution < -0.4 is 5.73 Å². The molecule has 0 spiro atoms. The van der Waals surface area contributed by atoms with E-state index >= 15 is 0 Å². The molecule has 1 aliphatic rings. The van der Waals surface area contributed by atoms with Crippen molar-refractivity contribution in [1.29, 1.82) is 0 Å². The molecular formula is C9H10N4. The minimum Gasteiger partial charge on any atom is -0.316 e. The van der Waals surface area contributed by atoms with Crippen molar-refractivity contribution in [2.45, 2.75) is 12.5 Å². The molecule has 1 unspecified atom stereocenters. The van der Waals surface area contributed by atoms with Gasteiger partial charge >= 0.3 is 0 Å². The van der Waals surface area contributed by atoms with E-state index in [4.69, 9.17) is 5.73 Å². The minimum atomic E-state index is -0.570. The predicted octanol–water partition coefficient (Wildman–Crippen LogP) is 1.22. The van der Waals surface area contributed by atoms with Gasteiger partial charge in [0.1, 0.15) is 5.69 Å². The molecule has 0 amide bonds. The Bertz CT molecular complexity index is 344. The van der Waals surface area contributed by atoms with E-state index < -0.39 is 5.54 Å². The van der Waals surface area contributed by atoms with Crippen LogP contribution in [-0.4, -0.2) is 23.0 Å². The van der Waals surface area contributed by atoms with Crippen molar-refractivity contribution in [2.24, 2.45) is 15.7 Å². The zero-order valence-electron chi connectivity index (χ0n) is 7.31. The molecule has 1 aromatic heterocycles. The largest absolute Gasteiger partial charge is 0.316 e. The highest BCUT2D eigenvalue weighted by Gasteiger charge is 2.15. The number of hydrogen-bond donors (Lipinski definition) is 1. The molecule has 0 aliphatic carbocycles. The molecule has 0 radical (unpaired) electrons. The zero-order valence-corrected chi connectivity index (χ0v) is 7.31. The zero-order chi connectivity index (χ0) is 9.31. The van der Waals surface area contributed by atoms with Gasteiger partial charge in [0.15, 0.2) is 0 Å². The Labute approximate surface area is 76.2 Å². The van der Waals surface area contributed by atoms with E-state index in [0.717, 1.165) is 11.4 Å². The summed E-state index contributed by atoms with van der Waals surface area (Å²) in [6.07, 6.45) is 6.71. The normalized spacial score (nSPS) is 25.4. The van der Waals surface area contributed by atoms with Gasteiger partial charge in [-0.15, -0.1) is 0 Å². The molecule has 66 valence electrons. The second-order valence-electron chi connectivity index (χ2n) is 3.25. The molecule has 13 heavy (non-hydrogen) atoms. The van der Waals surface area contributed by atoms with Crippen LogP contribution in [0.2, 0.25) is 0 Å². The van der Waals surface area contributed by atoms with Gasteiger partial charge in [0.25, 0.3) is 0 Å². The Morgan fingerprint density at radius 1 is 1.23 bits per heavy atom. The molecule has 0 saturated heterocycles. The number of aromatic nitrogens is 1. The molecule has 0 fully saturated rings. The lowest BCUT2D eigenvalue weighted by Crippen LogP contribution is -2.39. The van der Waals surface area contributed by atoms with Crippen molar-refractivity contribution in [3.63, 3.8) is 0 Å². The number of pyridine rings is 1. The summed E-state index contributed by atoms with van der Waals surface area (Å²) in [5.74, 6) is 0. The summed E-state index contributed by atoms with van der Waals surface area (Å²) in [6, 6.07) is 1.81. The highest BCUT2D eigenvalue weighted by Crippen LogP contribution is 2.27. The molecule has 4 nitrogen and oxygen atoms in total. The van der Waals surface area contributed by atoms with E-state index in [0.29, 0.717) is 0 Å². The van der Waals surface area contributed by atoms with E-state index in [1.54, 1.807) is 24.8 Å². The van der Waals surface area contributed by atoms with Crippen molar-refractivity contribution in [3.05, 3.63) is 18.5 Å². The lowest BCUT2D eigenvalue weighted by molar-refractivity contribution is 0.870. The SMILES string of the molecule is CC1(N)C=Nc2ccncc2N=C1. The summed E-state index contributed by atoms with van der Waals surface area (Å²) in [7, 11) is 0. The van der Waals surface area contributed by atoms with Gasteiger partial charge in [0.2, 0.25) is 0 Å². The van der Waals surface area contributed by atoms with Crippen molar-refractivity contribution in [1.82, 2.24) is 4.98 Å². The first-order valence-electron chi connectivity index (χ1n) is 4.01. The molecule has 0 bridgehead atoms. The number of hydrogen-bond acceptors (Lipinski definition) is 4. The van der Waals surface area contributed by atoms with E-state index in [1.807, 2.05) is 13.0 Å². The number of rotatable bonds is 0. The highest BCUT2D eigenvalue weighted by atomic mass is 14.9. The topological polar surface area (TPSA) is 63.6 Å². The van der Waals surface area contributed by atoms with Crippen LogP contribution >= 0.6 is 0 Å². The maximum atomic E-state index is 5.84. The van der Waals surface area contributed by atoms with Crippen LogP contribution in [0.15, 0.2) is 28.4 Å². The molecule has 1 atom stereocenters. The van der Waals surface area contributed by atoms with Crippen LogP contribution in [0.5, 0.6) is 0 Å². The summed E-state index contributed by atoms with van der Waals surface area (Å²) < 4.78 is 0. The average molecular weight is 174 g/mol. The third-order valence-electron chi connectivity index (χ3n) is 1.74. The molecule has 4 heteroatoms. The third-order valence-corrected chi connectivity index (χ3v) is 1.74. The Morgan fingerprint density at radius 2 is 1.92 bits per heavy atom. The van der Waals surface area contributed by atoms with Crippen LogP contribution in [0.1, 0.15) is 6.92 Å². The lowest BCUT2D eigenvalue weighted by atomic mass is 10.1. The highest BCUT2D eigenvalue weighted by molar-refractivity contribution is 5.98. The molecule has 2 heterocycles. The number of fused-ring (bicyclic) bond motifs is 1. The van der Waals surface area contributed by atoms with Crippen molar-refractivity contribution in [3.8, 4) is 0 Å². The molecule has 2 N–H and O–H groups in total. The van der Waals surface area contributed by atoms with Crippen LogP contribution in [0, 0.1) is 0 Å². The van der Waals surface area contributed by atoms with Gasteiger partial charge in [0, 0.05) is 18.6 Å². The fourth-order valence-electron chi connectivity index (χ4n) is 1.04. The van der Waals surface area contributed by atoms with Gasteiger partial charge in [-0.3, -0.25) is 15.0 Å². The van der Waals surface area contributed by atoms with E-state index in [-0.39, 0.29) is 0 Å². The number of aliphatic imine (C=N–C) groups is 2. The first kappa shape index (κ1) is 8.07. The van der Waals surface area contributed by atoms with Crippen LogP contribution in [0.3, 0.4) is 0 Å². The smallest absolute Gasteiger partial charge is 0.107 e. The van der Waals surface area contributed by atoms with Crippen molar-refractivity contribution < 1.29 is 0 Å². The third kappa shape index (κ3) is 1.62. The van der Waals surface area contributed by atoms with Gasteiger partial charge in [-0.25, -0.2) is 0 Å². The molecule has 2 rings (SSSR count).